The highest BCUT2D eigenvalue weighted by molar-refractivity contribution is 6.30. The third-order valence-corrected chi connectivity index (χ3v) is 5.98. The van der Waals surface area contributed by atoms with Crippen molar-refractivity contribution in [2.45, 2.75) is 38.8 Å². The van der Waals surface area contributed by atoms with Gasteiger partial charge in [-0.3, -0.25) is 9.59 Å². The van der Waals surface area contributed by atoms with Gasteiger partial charge in [0.05, 0.1) is 13.7 Å². The van der Waals surface area contributed by atoms with Gasteiger partial charge in [0, 0.05) is 31.0 Å². The van der Waals surface area contributed by atoms with Crippen LogP contribution in [0.5, 0.6) is 11.5 Å². The first-order valence-electron chi connectivity index (χ1n) is 12.1. The zero-order valence-corrected chi connectivity index (χ0v) is 21.5. The molecule has 3 rings (SSSR count). The quantitative estimate of drug-likeness (QED) is 0.319. The summed E-state index contributed by atoms with van der Waals surface area (Å²) in [7, 11) is 1.61. The third-order valence-electron chi connectivity index (χ3n) is 5.73. The second-order valence-electron chi connectivity index (χ2n) is 8.38. The van der Waals surface area contributed by atoms with E-state index in [2.05, 4.69) is 5.32 Å². The first-order chi connectivity index (χ1) is 17.5. The van der Waals surface area contributed by atoms with Crippen LogP contribution in [0, 0.1) is 0 Å². The van der Waals surface area contributed by atoms with Crippen LogP contribution in [0.3, 0.4) is 0 Å². The van der Waals surface area contributed by atoms with E-state index in [0.717, 1.165) is 11.1 Å². The molecule has 0 saturated heterocycles. The Morgan fingerprint density at radius 2 is 1.67 bits per heavy atom. The molecule has 0 aliphatic carbocycles. The Morgan fingerprint density at radius 3 is 2.36 bits per heavy atom. The van der Waals surface area contributed by atoms with Gasteiger partial charge < -0.3 is 19.7 Å². The van der Waals surface area contributed by atoms with Crippen LogP contribution in [0.2, 0.25) is 5.02 Å². The molecule has 0 aromatic heterocycles. The molecule has 0 saturated carbocycles. The number of hydrogen-bond acceptors (Lipinski definition) is 4. The zero-order chi connectivity index (χ0) is 25.8. The second-order valence-corrected chi connectivity index (χ2v) is 8.82. The average molecular weight is 509 g/mol. The van der Waals surface area contributed by atoms with E-state index < -0.39 is 6.04 Å². The number of rotatable bonds is 13. The van der Waals surface area contributed by atoms with Crippen LogP contribution in [0.15, 0.2) is 78.9 Å². The molecule has 0 spiro atoms. The third kappa shape index (κ3) is 8.31. The largest absolute Gasteiger partial charge is 0.497 e. The molecule has 1 N–H and O–H groups in total. The molecule has 0 aliphatic rings. The van der Waals surface area contributed by atoms with Crippen molar-refractivity contribution in [3.63, 3.8) is 0 Å². The smallest absolute Gasteiger partial charge is 0.243 e. The van der Waals surface area contributed by atoms with Gasteiger partial charge in [-0.15, -0.1) is 0 Å². The Balaban J connectivity index is 1.77. The average Bonchev–Trinajstić information content (AvgIpc) is 2.90. The molecule has 36 heavy (non-hydrogen) atoms. The van der Waals surface area contributed by atoms with E-state index in [1.807, 2.05) is 61.5 Å². The van der Waals surface area contributed by atoms with Gasteiger partial charge in [-0.1, -0.05) is 54.1 Å². The van der Waals surface area contributed by atoms with Gasteiger partial charge in [-0.25, -0.2) is 0 Å². The lowest BCUT2D eigenvalue weighted by Crippen LogP contribution is -2.50. The summed E-state index contributed by atoms with van der Waals surface area (Å²) in [6, 6.07) is 23.8. The van der Waals surface area contributed by atoms with E-state index >= 15 is 0 Å². The number of nitrogens with zero attached hydrogens (tertiary/aromatic N) is 1. The summed E-state index contributed by atoms with van der Waals surface area (Å²) in [6.45, 7) is 3.04. The molecule has 0 aliphatic heterocycles. The number of nitrogens with one attached hydrogen (secondary N) is 1. The minimum atomic E-state index is -0.650. The van der Waals surface area contributed by atoms with Gasteiger partial charge >= 0.3 is 0 Å². The number of likely N-dealkylation sites (N-methyl/N-ethyl adjacent to an activating group) is 1. The molecular formula is C29H33ClN2O4. The minimum Gasteiger partial charge on any atom is -0.497 e. The van der Waals surface area contributed by atoms with Crippen LogP contribution in [0.25, 0.3) is 0 Å². The van der Waals surface area contributed by atoms with Crippen molar-refractivity contribution in [2.75, 3.05) is 20.3 Å². The first-order valence-corrected chi connectivity index (χ1v) is 12.5. The van der Waals surface area contributed by atoms with Crippen LogP contribution in [0.1, 0.15) is 30.9 Å². The van der Waals surface area contributed by atoms with E-state index in [1.165, 1.54) is 0 Å². The van der Waals surface area contributed by atoms with E-state index in [1.54, 1.807) is 36.3 Å². The maximum Gasteiger partial charge on any atom is 0.243 e. The molecule has 7 heteroatoms. The topological polar surface area (TPSA) is 67.9 Å². The van der Waals surface area contributed by atoms with Crippen molar-refractivity contribution in [3.05, 3.63) is 95.0 Å². The lowest BCUT2D eigenvalue weighted by atomic mass is 10.0. The molecule has 190 valence electrons. The zero-order valence-electron chi connectivity index (χ0n) is 20.8. The van der Waals surface area contributed by atoms with Crippen molar-refractivity contribution in [1.82, 2.24) is 10.2 Å². The molecule has 6 nitrogen and oxygen atoms in total. The Kier molecular flexibility index (Phi) is 10.6. The molecule has 0 fully saturated rings. The maximum absolute atomic E-state index is 13.5. The number of ether oxygens (including phenoxy) is 2. The van der Waals surface area contributed by atoms with Crippen LogP contribution < -0.4 is 14.8 Å². The van der Waals surface area contributed by atoms with E-state index in [0.29, 0.717) is 49.1 Å². The molecule has 0 bridgehead atoms. The van der Waals surface area contributed by atoms with Crippen LogP contribution in [-0.2, 0) is 22.6 Å². The number of carbonyl (C=O) groups is 2. The van der Waals surface area contributed by atoms with E-state index in [4.69, 9.17) is 21.1 Å². The predicted molar refractivity (Wildman–Crippen MR) is 142 cm³/mol. The van der Waals surface area contributed by atoms with Crippen molar-refractivity contribution >= 4 is 23.4 Å². The summed E-state index contributed by atoms with van der Waals surface area (Å²) in [5.41, 5.74) is 1.88. The normalized spacial score (nSPS) is 11.4. The summed E-state index contributed by atoms with van der Waals surface area (Å²) >= 11 is 5.92. The molecule has 3 aromatic carbocycles. The van der Waals surface area contributed by atoms with Crippen molar-refractivity contribution in [1.29, 1.82) is 0 Å². The summed E-state index contributed by atoms with van der Waals surface area (Å²) in [5, 5.41) is 3.55. The van der Waals surface area contributed by atoms with Gasteiger partial charge in [0.25, 0.3) is 0 Å². The highest BCUT2D eigenvalue weighted by Gasteiger charge is 2.30. The molecule has 3 aromatic rings. The maximum atomic E-state index is 13.5. The lowest BCUT2D eigenvalue weighted by molar-refractivity contribution is -0.141. The number of methoxy groups -OCH3 is 1. The van der Waals surface area contributed by atoms with Gasteiger partial charge in [-0.2, -0.15) is 0 Å². The lowest BCUT2D eigenvalue weighted by Gasteiger charge is -2.31. The van der Waals surface area contributed by atoms with Crippen LogP contribution in [-0.4, -0.2) is 43.0 Å². The Morgan fingerprint density at radius 1 is 0.944 bits per heavy atom. The van der Waals surface area contributed by atoms with Crippen LogP contribution in [0.4, 0.5) is 0 Å². The van der Waals surface area contributed by atoms with Crippen molar-refractivity contribution in [2.24, 2.45) is 0 Å². The molecule has 2 amide bonds. The van der Waals surface area contributed by atoms with Gasteiger partial charge in [0.15, 0.2) is 0 Å². The standard InChI is InChI=1S/C29H33ClN2O4/c1-3-31-29(34)27(20-22-9-5-4-6-10-22)32(21-23-11-7-12-26(19-23)35-2)28(33)13-8-18-36-25-16-14-24(30)15-17-25/h4-7,9-12,14-17,19,27H,3,8,13,18,20-21H2,1-2H3,(H,31,34). The molecule has 1 unspecified atom stereocenters. The highest BCUT2D eigenvalue weighted by atomic mass is 35.5. The molecule has 0 radical (unpaired) electrons. The van der Waals surface area contributed by atoms with E-state index in [9.17, 15) is 9.59 Å². The molecule has 1 atom stereocenters. The monoisotopic (exact) mass is 508 g/mol. The second kappa shape index (κ2) is 14.1. The number of benzene rings is 3. The molecular weight excluding hydrogens is 476 g/mol. The SMILES string of the molecule is CCNC(=O)C(Cc1ccccc1)N(Cc1cccc(OC)c1)C(=O)CCCOc1ccc(Cl)cc1. The van der Waals surface area contributed by atoms with E-state index in [-0.39, 0.29) is 18.2 Å². The predicted octanol–water partition coefficient (Wildman–Crippen LogP) is 5.28. The highest BCUT2D eigenvalue weighted by Crippen LogP contribution is 2.20. The van der Waals surface area contributed by atoms with Crippen LogP contribution >= 0.6 is 11.6 Å². The number of amides is 2. The Labute approximate surface area is 218 Å². The Hall–Kier alpha value is -3.51. The number of halogens is 1. The first kappa shape index (κ1) is 27.1. The summed E-state index contributed by atoms with van der Waals surface area (Å²) in [4.78, 5) is 28.4. The van der Waals surface area contributed by atoms with Gasteiger partial charge in [0.1, 0.15) is 17.5 Å². The Bertz CT molecular complexity index is 1110. The fourth-order valence-corrected chi connectivity index (χ4v) is 4.03. The fraction of sp³-hybridized carbons (Fsp3) is 0.310. The number of hydrogen-bond donors (Lipinski definition) is 1. The minimum absolute atomic E-state index is 0.107. The summed E-state index contributed by atoms with van der Waals surface area (Å²) in [6.07, 6.45) is 1.19. The number of carbonyl (C=O) groups excluding carboxylic acids is 2. The summed E-state index contributed by atoms with van der Waals surface area (Å²) < 4.78 is 11.1. The van der Waals surface area contributed by atoms with Gasteiger partial charge in [-0.05, 0) is 60.9 Å². The fourth-order valence-electron chi connectivity index (χ4n) is 3.90. The summed E-state index contributed by atoms with van der Waals surface area (Å²) in [5.74, 6) is 1.12. The molecule has 0 heterocycles. The van der Waals surface area contributed by atoms with Crippen molar-refractivity contribution in [3.8, 4) is 11.5 Å². The van der Waals surface area contributed by atoms with Crippen molar-refractivity contribution < 1.29 is 19.1 Å². The van der Waals surface area contributed by atoms with Gasteiger partial charge in [0.2, 0.25) is 11.8 Å².